The topological polar surface area (TPSA) is 49.4 Å². The Morgan fingerprint density at radius 2 is 2.31 bits per heavy atom. The van der Waals surface area contributed by atoms with Gasteiger partial charge < -0.3 is 9.99 Å². The fourth-order valence-corrected chi connectivity index (χ4v) is 2.94. The molecule has 0 aliphatic carbocycles. The van der Waals surface area contributed by atoms with Gasteiger partial charge in [-0.15, -0.1) is 0 Å². The molecule has 4 nitrogen and oxygen atoms in total. The zero-order valence-electron chi connectivity index (χ0n) is 7.59. The summed E-state index contributed by atoms with van der Waals surface area (Å²) >= 11 is 0. The van der Waals surface area contributed by atoms with Crippen LogP contribution in [0, 0.1) is 5.41 Å². The summed E-state index contributed by atoms with van der Waals surface area (Å²) in [6.07, 6.45) is 1.21. The average molecular weight is 200 g/mol. The molecule has 0 aromatic carbocycles. The summed E-state index contributed by atoms with van der Waals surface area (Å²) in [5, 5.41) is 2.75. The normalized spacial score (nSPS) is 34.1. The summed E-state index contributed by atoms with van der Waals surface area (Å²) in [4.78, 5) is 22.8. The van der Waals surface area contributed by atoms with Gasteiger partial charge in [0, 0.05) is 19.5 Å². The second-order valence-corrected chi connectivity index (χ2v) is 4.66. The summed E-state index contributed by atoms with van der Waals surface area (Å²) in [6, 6.07) is 0. The Labute approximate surface area is 78.9 Å². The average Bonchev–Trinajstić information content (AvgIpc) is 2.14. The van der Waals surface area contributed by atoms with E-state index in [0.717, 1.165) is 13.0 Å². The predicted molar refractivity (Wildman–Crippen MR) is 50.6 cm³/mol. The summed E-state index contributed by atoms with van der Waals surface area (Å²) < 4.78 is 1.83. The number of β-lactam (4-membered cyclic amide) rings is 1. The lowest BCUT2D eigenvalue weighted by atomic mass is 9.73. The van der Waals surface area contributed by atoms with Gasteiger partial charge in [0.2, 0.25) is 11.8 Å². The predicted octanol–water partition coefficient (Wildman–Crippen LogP) is -0.0517. The smallest absolute Gasteiger partial charge is 0.234 e. The van der Waals surface area contributed by atoms with Crippen molar-refractivity contribution in [2.45, 2.75) is 12.8 Å². The quantitative estimate of drug-likeness (QED) is 0.476. The Bertz CT molecular complexity index is 269. The van der Waals surface area contributed by atoms with E-state index in [1.807, 2.05) is 11.3 Å². The molecule has 2 heterocycles. The molecule has 2 fully saturated rings. The first kappa shape index (κ1) is 8.95. The van der Waals surface area contributed by atoms with Crippen molar-refractivity contribution in [2.24, 2.45) is 5.41 Å². The molecule has 1 N–H and O–H groups in total. The maximum atomic E-state index is 11.7. The van der Waals surface area contributed by atoms with Crippen LogP contribution in [0.3, 0.4) is 0 Å². The highest BCUT2D eigenvalue weighted by Crippen LogP contribution is 2.44. The Morgan fingerprint density at radius 1 is 1.54 bits per heavy atom. The van der Waals surface area contributed by atoms with Gasteiger partial charge in [0.25, 0.3) is 0 Å². The number of carbonyl (C=O) groups excluding carboxylic acids is 2. The molecule has 2 unspecified atom stereocenters. The van der Waals surface area contributed by atoms with Crippen molar-refractivity contribution < 1.29 is 9.59 Å². The van der Waals surface area contributed by atoms with Crippen molar-refractivity contribution in [1.29, 1.82) is 0 Å². The van der Waals surface area contributed by atoms with Gasteiger partial charge in [-0.25, -0.2) is 0 Å². The monoisotopic (exact) mass is 200 g/mol. The maximum Gasteiger partial charge on any atom is 0.234 e. The third-order valence-electron chi connectivity index (χ3n) is 2.85. The molecule has 2 amide bonds. The Morgan fingerprint density at radius 3 is 2.85 bits per heavy atom. The van der Waals surface area contributed by atoms with Crippen LogP contribution in [0.1, 0.15) is 12.8 Å². The van der Waals surface area contributed by atoms with Crippen LogP contribution in [0.15, 0.2) is 0 Å². The molecule has 0 radical (unpaired) electrons. The fourth-order valence-electron chi connectivity index (χ4n) is 2.03. The van der Waals surface area contributed by atoms with E-state index in [4.69, 9.17) is 0 Å². The zero-order valence-corrected chi connectivity index (χ0v) is 8.59. The molecule has 2 rings (SSSR count). The molecular weight excluding hydrogens is 187 g/mol. The highest BCUT2D eigenvalue weighted by molar-refractivity contribution is 7.35. The largest absolute Gasteiger partial charge is 0.356 e. The molecule has 0 aromatic rings. The van der Waals surface area contributed by atoms with Gasteiger partial charge in [-0.2, -0.15) is 0 Å². The van der Waals surface area contributed by atoms with Crippen molar-refractivity contribution >= 4 is 20.5 Å². The van der Waals surface area contributed by atoms with Gasteiger partial charge in [0.15, 0.2) is 0 Å². The van der Waals surface area contributed by atoms with Crippen LogP contribution in [0.2, 0.25) is 0 Å². The minimum Gasteiger partial charge on any atom is -0.356 e. The number of rotatable bonds is 1. The molecule has 0 bridgehead atoms. The van der Waals surface area contributed by atoms with Crippen molar-refractivity contribution in [3.8, 4) is 0 Å². The van der Waals surface area contributed by atoms with Crippen molar-refractivity contribution in [2.75, 3.05) is 19.8 Å². The summed E-state index contributed by atoms with van der Waals surface area (Å²) in [5.74, 6) is 0.210. The van der Waals surface area contributed by atoms with Crippen LogP contribution < -0.4 is 5.32 Å². The first-order valence-electron chi connectivity index (χ1n) is 4.44. The van der Waals surface area contributed by atoms with Gasteiger partial charge in [-0.1, -0.05) is 0 Å². The number of amides is 2. The van der Waals surface area contributed by atoms with E-state index < -0.39 is 0 Å². The Balaban J connectivity index is 2.07. The Kier molecular flexibility index (Phi) is 2.03. The number of carbonyl (C=O) groups is 2. The lowest BCUT2D eigenvalue weighted by Gasteiger charge is -2.49. The van der Waals surface area contributed by atoms with Crippen LogP contribution >= 0.6 is 8.73 Å². The number of nitrogens with one attached hydrogen (secondary N) is 1. The number of hydrogen-bond acceptors (Lipinski definition) is 2. The second kappa shape index (κ2) is 2.95. The van der Waals surface area contributed by atoms with Gasteiger partial charge in [-0.3, -0.25) is 9.59 Å². The van der Waals surface area contributed by atoms with E-state index in [1.54, 1.807) is 0 Å². The summed E-state index contributed by atoms with van der Waals surface area (Å²) in [6.45, 7) is 3.44. The van der Waals surface area contributed by atoms with E-state index in [9.17, 15) is 9.59 Å². The summed E-state index contributed by atoms with van der Waals surface area (Å²) in [7, 11) is 0.541. The molecule has 2 aliphatic rings. The molecule has 0 aromatic heterocycles. The fraction of sp³-hybridized carbons (Fsp3) is 0.750. The third-order valence-corrected chi connectivity index (χ3v) is 3.76. The maximum absolute atomic E-state index is 11.7. The van der Waals surface area contributed by atoms with Crippen molar-refractivity contribution in [3.05, 3.63) is 0 Å². The molecule has 2 aliphatic heterocycles. The number of hydrogen-bond donors (Lipinski definition) is 1. The van der Waals surface area contributed by atoms with Crippen LogP contribution in [0.5, 0.6) is 0 Å². The lowest BCUT2D eigenvalue weighted by molar-refractivity contribution is -0.157. The first-order valence-corrected chi connectivity index (χ1v) is 5.89. The minimum atomic E-state index is -0.314. The highest BCUT2D eigenvalue weighted by Gasteiger charge is 2.53. The zero-order chi connectivity index (χ0) is 9.47. The van der Waals surface area contributed by atoms with Crippen LogP contribution in [-0.4, -0.2) is 36.2 Å². The van der Waals surface area contributed by atoms with Crippen molar-refractivity contribution in [1.82, 2.24) is 9.99 Å². The first-order chi connectivity index (χ1) is 6.18. The van der Waals surface area contributed by atoms with E-state index in [0.29, 0.717) is 21.7 Å². The van der Waals surface area contributed by atoms with Gasteiger partial charge >= 0.3 is 0 Å². The molecule has 72 valence electrons. The van der Waals surface area contributed by atoms with E-state index in [1.165, 1.54) is 0 Å². The highest BCUT2D eigenvalue weighted by atomic mass is 31.1. The van der Waals surface area contributed by atoms with Gasteiger partial charge in [-0.05, 0) is 21.8 Å². The minimum absolute atomic E-state index is 0.0266. The molecule has 2 saturated heterocycles. The molecule has 5 heteroatoms. The molecule has 2 atom stereocenters. The van der Waals surface area contributed by atoms with Crippen LogP contribution in [-0.2, 0) is 9.59 Å². The number of nitrogens with zero attached hydrogens (tertiary/aromatic N) is 1. The van der Waals surface area contributed by atoms with Crippen LogP contribution in [0.25, 0.3) is 0 Å². The summed E-state index contributed by atoms with van der Waals surface area (Å²) in [5.41, 5.74) is -0.314. The lowest BCUT2D eigenvalue weighted by Crippen LogP contribution is -2.62. The standard InChI is InChI=1S/C8H13N2O2P/c1-13-10-5-8(7(10)12)2-3-9-6(11)4-8/h13H,2-5H2,1H3,(H,9,11). The Hall–Kier alpha value is -0.630. The van der Waals surface area contributed by atoms with E-state index in [2.05, 4.69) is 5.32 Å². The van der Waals surface area contributed by atoms with Crippen molar-refractivity contribution in [3.63, 3.8) is 0 Å². The second-order valence-electron chi connectivity index (χ2n) is 3.67. The molecular formula is C8H13N2O2P. The van der Waals surface area contributed by atoms with Gasteiger partial charge in [0.1, 0.15) is 0 Å². The third kappa shape index (κ3) is 1.24. The molecule has 0 saturated carbocycles. The van der Waals surface area contributed by atoms with E-state index in [-0.39, 0.29) is 17.2 Å². The molecule has 13 heavy (non-hydrogen) atoms. The number of piperidine rings is 1. The van der Waals surface area contributed by atoms with Gasteiger partial charge in [0.05, 0.1) is 5.41 Å². The van der Waals surface area contributed by atoms with Crippen LogP contribution in [0.4, 0.5) is 0 Å². The molecule has 1 spiro atoms. The SMILES string of the molecule is CPN1CC2(CCNC(=O)C2)C1=O. The van der Waals surface area contributed by atoms with E-state index >= 15 is 0 Å².